The quantitative estimate of drug-likeness (QED) is 0.833. The maximum Gasteiger partial charge on any atom is 0.337 e. The number of para-hydroxylation sites is 1. The molecule has 23 heavy (non-hydrogen) atoms. The number of benzene rings is 2. The minimum atomic E-state index is -0.383. The fraction of sp³-hybridized carbons (Fsp3) is 0.222. The molecule has 0 saturated carbocycles. The number of esters is 1. The zero-order chi connectivity index (χ0) is 16.7. The van der Waals surface area contributed by atoms with Gasteiger partial charge in [-0.3, -0.25) is 4.79 Å². The van der Waals surface area contributed by atoms with Crippen molar-refractivity contribution in [1.29, 1.82) is 0 Å². The molecule has 0 aliphatic carbocycles. The monoisotopic (exact) mass is 313 g/mol. The van der Waals surface area contributed by atoms with Crippen LogP contribution in [0.3, 0.4) is 0 Å². The summed E-state index contributed by atoms with van der Waals surface area (Å²) in [5, 5.41) is 2.84. The Morgan fingerprint density at radius 2 is 1.74 bits per heavy atom. The highest BCUT2D eigenvalue weighted by Gasteiger charge is 2.11. The Balaban J connectivity index is 2.00. The summed E-state index contributed by atoms with van der Waals surface area (Å²) in [5.74, 6) is -0.0224. The zero-order valence-electron chi connectivity index (χ0n) is 13.2. The summed E-state index contributed by atoms with van der Waals surface area (Å²) in [6, 6.07) is 14.0. The molecule has 2 aromatic carbocycles. The van der Waals surface area contributed by atoms with Crippen molar-refractivity contribution in [3.05, 3.63) is 65.2 Å². The van der Waals surface area contributed by atoms with Crippen molar-refractivity contribution in [2.75, 3.05) is 13.7 Å². The molecule has 0 aliphatic rings. The second kappa shape index (κ2) is 7.98. The molecule has 5 nitrogen and oxygen atoms in total. The van der Waals surface area contributed by atoms with Crippen LogP contribution in [0.25, 0.3) is 0 Å². The fourth-order valence-corrected chi connectivity index (χ4v) is 2.09. The summed E-state index contributed by atoms with van der Waals surface area (Å²) in [6.07, 6.45) is 0. The van der Waals surface area contributed by atoms with Gasteiger partial charge in [0.1, 0.15) is 5.75 Å². The van der Waals surface area contributed by atoms with E-state index in [2.05, 4.69) is 10.1 Å². The zero-order valence-corrected chi connectivity index (χ0v) is 13.2. The number of methoxy groups -OCH3 is 1. The Morgan fingerprint density at radius 1 is 1.04 bits per heavy atom. The number of amides is 1. The summed E-state index contributed by atoms with van der Waals surface area (Å²) in [7, 11) is 1.34. The van der Waals surface area contributed by atoms with Crippen LogP contribution in [-0.2, 0) is 11.3 Å². The lowest BCUT2D eigenvalue weighted by molar-refractivity contribution is 0.0600. The van der Waals surface area contributed by atoms with Crippen LogP contribution in [0.5, 0.6) is 5.75 Å². The van der Waals surface area contributed by atoms with Crippen molar-refractivity contribution in [2.24, 2.45) is 0 Å². The number of rotatable bonds is 6. The van der Waals surface area contributed by atoms with Crippen molar-refractivity contribution in [1.82, 2.24) is 5.32 Å². The molecule has 2 aromatic rings. The molecule has 2 rings (SSSR count). The molecule has 0 spiro atoms. The average Bonchev–Trinajstić information content (AvgIpc) is 2.60. The van der Waals surface area contributed by atoms with Gasteiger partial charge in [0.15, 0.2) is 0 Å². The van der Waals surface area contributed by atoms with E-state index in [9.17, 15) is 9.59 Å². The van der Waals surface area contributed by atoms with Crippen molar-refractivity contribution in [2.45, 2.75) is 13.5 Å². The Bertz CT molecular complexity index is 680. The van der Waals surface area contributed by atoms with Crippen LogP contribution in [0, 0.1) is 0 Å². The standard InChI is InChI=1S/C18H19NO4/c1-3-23-16-7-5-4-6-15(16)17(20)19-12-13-8-10-14(11-9-13)18(21)22-2/h4-11H,3,12H2,1-2H3,(H,19,20). The predicted molar refractivity (Wildman–Crippen MR) is 86.6 cm³/mol. The van der Waals surface area contributed by atoms with E-state index in [4.69, 9.17) is 4.74 Å². The highest BCUT2D eigenvalue weighted by atomic mass is 16.5. The number of carbonyl (C=O) groups excluding carboxylic acids is 2. The smallest absolute Gasteiger partial charge is 0.337 e. The first-order valence-corrected chi connectivity index (χ1v) is 7.33. The van der Waals surface area contributed by atoms with E-state index in [0.717, 1.165) is 5.56 Å². The van der Waals surface area contributed by atoms with Gasteiger partial charge in [-0.1, -0.05) is 24.3 Å². The lowest BCUT2D eigenvalue weighted by Crippen LogP contribution is -2.23. The molecule has 0 atom stereocenters. The minimum absolute atomic E-state index is 0.203. The van der Waals surface area contributed by atoms with Gasteiger partial charge >= 0.3 is 5.97 Å². The molecular formula is C18H19NO4. The molecule has 0 heterocycles. The maximum atomic E-state index is 12.3. The second-order valence-electron chi connectivity index (χ2n) is 4.80. The van der Waals surface area contributed by atoms with E-state index >= 15 is 0 Å². The van der Waals surface area contributed by atoms with Crippen LogP contribution < -0.4 is 10.1 Å². The van der Waals surface area contributed by atoms with Crippen LogP contribution in [0.2, 0.25) is 0 Å². The van der Waals surface area contributed by atoms with Gasteiger partial charge in [0.2, 0.25) is 0 Å². The lowest BCUT2D eigenvalue weighted by atomic mass is 10.1. The van der Waals surface area contributed by atoms with E-state index in [1.165, 1.54) is 7.11 Å². The first-order chi connectivity index (χ1) is 11.2. The van der Waals surface area contributed by atoms with Crippen molar-refractivity contribution in [3.63, 3.8) is 0 Å². The molecule has 1 amide bonds. The first kappa shape index (κ1) is 16.5. The Kier molecular flexibility index (Phi) is 5.74. The molecule has 120 valence electrons. The van der Waals surface area contributed by atoms with Crippen molar-refractivity contribution >= 4 is 11.9 Å². The number of carbonyl (C=O) groups is 2. The largest absolute Gasteiger partial charge is 0.493 e. The van der Waals surface area contributed by atoms with Crippen LogP contribution >= 0.6 is 0 Å². The van der Waals surface area contributed by atoms with E-state index < -0.39 is 0 Å². The Labute approximate surface area is 135 Å². The van der Waals surface area contributed by atoms with Gasteiger partial charge in [-0.15, -0.1) is 0 Å². The molecule has 0 radical (unpaired) electrons. The van der Waals surface area contributed by atoms with E-state index in [1.54, 1.807) is 42.5 Å². The highest BCUT2D eigenvalue weighted by Crippen LogP contribution is 2.17. The number of nitrogens with one attached hydrogen (secondary N) is 1. The summed E-state index contributed by atoms with van der Waals surface area (Å²) >= 11 is 0. The molecular weight excluding hydrogens is 294 g/mol. The van der Waals surface area contributed by atoms with E-state index in [1.807, 2.05) is 13.0 Å². The molecule has 0 aromatic heterocycles. The van der Waals surface area contributed by atoms with Gasteiger partial charge in [0.25, 0.3) is 5.91 Å². The predicted octanol–water partition coefficient (Wildman–Crippen LogP) is 2.80. The average molecular weight is 313 g/mol. The number of ether oxygens (including phenoxy) is 2. The highest BCUT2D eigenvalue weighted by molar-refractivity contribution is 5.96. The first-order valence-electron chi connectivity index (χ1n) is 7.33. The van der Waals surface area contributed by atoms with E-state index in [-0.39, 0.29) is 11.9 Å². The molecule has 0 saturated heterocycles. The van der Waals surface area contributed by atoms with Gasteiger partial charge in [0.05, 0.1) is 24.8 Å². The van der Waals surface area contributed by atoms with Gasteiger partial charge in [-0.05, 0) is 36.8 Å². The third-order valence-electron chi connectivity index (χ3n) is 3.26. The molecule has 1 N–H and O–H groups in total. The fourth-order valence-electron chi connectivity index (χ4n) is 2.09. The summed E-state index contributed by atoms with van der Waals surface area (Å²) in [6.45, 7) is 2.73. The minimum Gasteiger partial charge on any atom is -0.493 e. The third-order valence-corrected chi connectivity index (χ3v) is 3.26. The van der Waals surface area contributed by atoms with E-state index in [0.29, 0.717) is 30.0 Å². The molecule has 0 fully saturated rings. The Hall–Kier alpha value is -2.82. The number of hydrogen-bond acceptors (Lipinski definition) is 4. The molecule has 5 heteroatoms. The third kappa shape index (κ3) is 4.32. The summed E-state index contributed by atoms with van der Waals surface area (Å²) < 4.78 is 10.1. The van der Waals surface area contributed by atoms with Gasteiger partial charge in [0, 0.05) is 6.54 Å². The number of hydrogen-bond donors (Lipinski definition) is 1. The van der Waals surface area contributed by atoms with Crippen LogP contribution in [-0.4, -0.2) is 25.6 Å². The van der Waals surface area contributed by atoms with Crippen molar-refractivity contribution in [3.8, 4) is 5.75 Å². The van der Waals surface area contributed by atoms with Gasteiger partial charge < -0.3 is 14.8 Å². The maximum absolute atomic E-state index is 12.3. The topological polar surface area (TPSA) is 64.6 Å². The van der Waals surface area contributed by atoms with Crippen LogP contribution in [0.4, 0.5) is 0 Å². The van der Waals surface area contributed by atoms with Gasteiger partial charge in [-0.2, -0.15) is 0 Å². The molecule has 0 aliphatic heterocycles. The van der Waals surface area contributed by atoms with Crippen LogP contribution in [0.1, 0.15) is 33.2 Å². The van der Waals surface area contributed by atoms with Crippen LogP contribution in [0.15, 0.2) is 48.5 Å². The lowest BCUT2D eigenvalue weighted by Gasteiger charge is -2.10. The summed E-state index contributed by atoms with van der Waals surface area (Å²) in [4.78, 5) is 23.6. The van der Waals surface area contributed by atoms with Gasteiger partial charge in [-0.25, -0.2) is 4.79 Å². The molecule has 0 bridgehead atoms. The normalized spacial score (nSPS) is 10.0. The summed E-state index contributed by atoms with van der Waals surface area (Å²) in [5.41, 5.74) is 1.87. The Morgan fingerprint density at radius 3 is 2.39 bits per heavy atom. The molecule has 0 unspecified atom stereocenters. The second-order valence-corrected chi connectivity index (χ2v) is 4.80. The SMILES string of the molecule is CCOc1ccccc1C(=O)NCc1ccc(C(=O)OC)cc1. The van der Waals surface area contributed by atoms with Crippen molar-refractivity contribution < 1.29 is 19.1 Å².